The summed E-state index contributed by atoms with van der Waals surface area (Å²) in [5.41, 5.74) is 0. The molecule has 0 aliphatic carbocycles. The molecule has 1 saturated heterocycles. The Bertz CT molecular complexity index is 29.3. The van der Waals surface area contributed by atoms with Crippen molar-refractivity contribution in [3.63, 3.8) is 0 Å². The van der Waals surface area contributed by atoms with Gasteiger partial charge in [-0.3, -0.25) is 5.32 Å². The van der Waals surface area contributed by atoms with Gasteiger partial charge in [0.1, 0.15) is 0 Å². The van der Waals surface area contributed by atoms with Gasteiger partial charge in [0.05, 0.1) is 0 Å². The topological polar surface area (TPSA) is 12.0 Å². The molecule has 0 spiro atoms. The lowest BCUT2D eigenvalue weighted by Gasteiger charge is -1.91. The SMILES string of the molecule is C1CSCNCS1. The third-order valence-electron chi connectivity index (χ3n) is 0.780. The summed E-state index contributed by atoms with van der Waals surface area (Å²) < 4.78 is 0. The van der Waals surface area contributed by atoms with Crippen molar-refractivity contribution in [1.29, 1.82) is 0 Å². The Labute approximate surface area is 52.6 Å². The van der Waals surface area contributed by atoms with E-state index in [2.05, 4.69) is 5.32 Å². The van der Waals surface area contributed by atoms with E-state index in [1.165, 1.54) is 11.5 Å². The van der Waals surface area contributed by atoms with Crippen molar-refractivity contribution < 1.29 is 0 Å². The van der Waals surface area contributed by atoms with Gasteiger partial charge < -0.3 is 0 Å². The summed E-state index contributed by atoms with van der Waals surface area (Å²) in [4.78, 5) is 0. The maximum Gasteiger partial charge on any atom is 0.0424 e. The Balaban J connectivity index is 2.04. The second kappa shape index (κ2) is 3.64. The molecule has 0 atom stereocenters. The molecule has 1 fully saturated rings. The summed E-state index contributed by atoms with van der Waals surface area (Å²) >= 11 is 3.97. The molecule has 0 radical (unpaired) electrons. The fourth-order valence-electron chi connectivity index (χ4n) is 0.448. The number of nitrogens with one attached hydrogen (secondary N) is 1. The summed E-state index contributed by atoms with van der Waals surface area (Å²) in [7, 11) is 0. The molecule has 3 heteroatoms. The molecule has 0 bridgehead atoms. The van der Waals surface area contributed by atoms with E-state index in [-0.39, 0.29) is 0 Å². The molecule has 1 heterocycles. The zero-order chi connectivity index (χ0) is 4.95. The van der Waals surface area contributed by atoms with Crippen LogP contribution < -0.4 is 5.32 Å². The van der Waals surface area contributed by atoms with Crippen LogP contribution in [0, 0.1) is 0 Å². The van der Waals surface area contributed by atoms with Gasteiger partial charge >= 0.3 is 0 Å². The van der Waals surface area contributed by atoms with E-state index >= 15 is 0 Å². The second-order valence-electron chi connectivity index (χ2n) is 1.36. The Morgan fingerprint density at radius 3 is 2.14 bits per heavy atom. The van der Waals surface area contributed by atoms with Gasteiger partial charge in [0.2, 0.25) is 0 Å². The summed E-state index contributed by atoms with van der Waals surface area (Å²) in [6, 6.07) is 0. The van der Waals surface area contributed by atoms with E-state index in [9.17, 15) is 0 Å². The molecule has 1 nitrogen and oxygen atoms in total. The third kappa shape index (κ3) is 2.46. The Morgan fingerprint density at radius 1 is 1.00 bits per heavy atom. The monoisotopic (exact) mass is 135 g/mol. The molecule has 1 N–H and O–H groups in total. The maximum atomic E-state index is 3.27. The molecule has 7 heavy (non-hydrogen) atoms. The molecule has 1 aliphatic heterocycles. The van der Waals surface area contributed by atoms with Crippen LogP contribution in [0.15, 0.2) is 0 Å². The molecule has 1 aliphatic rings. The third-order valence-corrected chi connectivity index (χ3v) is 2.84. The Morgan fingerprint density at radius 2 is 1.57 bits per heavy atom. The van der Waals surface area contributed by atoms with Crippen LogP contribution >= 0.6 is 23.5 Å². The average molecular weight is 135 g/mol. The molecular weight excluding hydrogens is 126 g/mol. The van der Waals surface area contributed by atoms with Crippen LogP contribution in [-0.2, 0) is 0 Å². The Kier molecular flexibility index (Phi) is 3.01. The second-order valence-corrected chi connectivity index (χ2v) is 3.57. The van der Waals surface area contributed by atoms with Gasteiger partial charge in [-0.25, -0.2) is 0 Å². The summed E-state index contributed by atoms with van der Waals surface area (Å²) in [6.45, 7) is 0. The lowest BCUT2D eigenvalue weighted by atomic mass is 11.0. The molecular formula is C4H9NS2. The zero-order valence-corrected chi connectivity index (χ0v) is 5.78. The lowest BCUT2D eigenvalue weighted by Crippen LogP contribution is -2.08. The first-order valence-corrected chi connectivity index (χ1v) is 4.67. The van der Waals surface area contributed by atoms with E-state index in [1.54, 1.807) is 0 Å². The molecule has 0 saturated carbocycles. The predicted octanol–water partition coefficient (Wildman–Crippen LogP) is 0.971. The first kappa shape index (κ1) is 5.79. The van der Waals surface area contributed by atoms with Gasteiger partial charge in [-0.2, -0.15) is 0 Å². The maximum absolute atomic E-state index is 3.27. The smallest absolute Gasteiger partial charge is 0.0424 e. The predicted molar refractivity (Wildman–Crippen MR) is 37.8 cm³/mol. The minimum absolute atomic E-state index is 1.15. The number of hydrogen-bond acceptors (Lipinski definition) is 3. The van der Waals surface area contributed by atoms with E-state index in [1.807, 2.05) is 23.5 Å². The van der Waals surface area contributed by atoms with Crippen molar-refractivity contribution in [3.05, 3.63) is 0 Å². The number of thioether (sulfide) groups is 2. The van der Waals surface area contributed by atoms with Crippen LogP contribution in [0.25, 0.3) is 0 Å². The quantitative estimate of drug-likeness (QED) is 0.531. The minimum atomic E-state index is 1.15. The number of rotatable bonds is 0. The number of hydrogen-bond donors (Lipinski definition) is 1. The van der Waals surface area contributed by atoms with Gasteiger partial charge in [0.15, 0.2) is 0 Å². The van der Waals surface area contributed by atoms with Crippen LogP contribution in [-0.4, -0.2) is 23.3 Å². The molecule has 42 valence electrons. The highest BCUT2D eigenvalue weighted by Crippen LogP contribution is 2.08. The van der Waals surface area contributed by atoms with E-state index in [4.69, 9.17) is 0 Å². The highest BCUT2D eigenvalue weighted by Gasteiger charge is 1.94. The van der Waals surface area contributed by atoms with Gasteiger partial charge in [-0.1, -0.05) is 0 Å². The highest BCUT2D eigenvalue weighted by molar-refractivity contribution is 8.03. The van der Waals surface area contributed by atoms with Gasteiger partial charge in [-0.15, -0.1) is 23.5 Å². The van der Waals surface area contributed by atoms with Crippen molar-refractivity contribution in [3.8, 4) is 0 Å². The standard InChI is InChI=1S/C4H9NS2/c1-2-7-4-5-3-6-1/h5H,1-4H2. The summed E-state index contributed by atoms with van der Waals surface area (Å²) in [5, 5.41) is 3.27. The highest BCUT2D eigenvalue weighted by atomic mass is 32.2. The van der Waals surface area contributed by atoms with Crippen molar-refractivity contribution in [2.75, 3.05) is 23.3 Å². The zero-order valence-electron chi connectivity index (χ0n) is 4.14. The van der Waals surface area contributed by atoms with Crippen molar-refractivity contribution in [1.82, 2.24) is 5.32 Å². The van der Waals surface area contributed by atoms with Crippen molar-refractivity contribution in [2.45, 2.75) is 0 Å². The van der Waals surface area contributed by atoms with Crippen molar-refractivity contribution in [2.24, 2.45) is 0 Å². The van der Waals surface area contributed by atoms with Crippen LogP contribution in [0.2, 0.25) is 0 Å². The average Bonchev–Trinajstić information content (AvgIpc) is 1.90. The largest absolute Gasteiger partial charge is 0.299 e. The molecule has 0 aromatic heterocycles. The van der Waals surface area contributed by atoms with Crippen LogP contribution in [0.3, 0.4) is 0 Å². The molecule has 0 aromatic rings. The first-order valence-electron chi connectivity index (χ1n) is 2.36. The van der Waals surface area contributed by atoms with E-state index in [0.29, 0.717) is 0 Å². The van der Waals surface area contributed by atoms with Crippen molar-refractivity contribution >= 4 is 23.5 Å². The first-order chi connectivity index (χ1) is 3.50. The van der Waals surface area contributed by atoms with Crippen LogP contribution in [0.1, 0.15) is 0 Å². The fraction of sp³-hybridized carbons (Fsp3) is 1.00. The lowest BCUT2D eigenvalue weighted by molar-refractivity contribution is 0.954. The molecule has 1 rings (SSSR count). The van der Waals surface area contributed by atoms with Crippen LogP contribution in [0.4, 0.5) is 0 Å². The fourth-order valence-corrected chi connectivity index (χ4v) is 2.30. The normalized spacial score (nSPS) is 24.0. The summed E-state index contributed by atoms with van der Waals surface area (Å²) in [5.74, 6) is 4.93. The van der Waals surface area contributed by atoms with Gasteiger partial charge in [0, 0.05) is 23.3 Å². The van der Waals surface area contributed by atoms with Gasteiger partial charge in [0.25, 0.3) is 0 Å². The molecule has 0 amide bonds. The summed E-state index contributed by atoms with van der Waals surface area (Å²) in [6.07, 6.45) is 0. The van der Waals surface area contributed by atoms with E-state index in [0.717, 1.165) is 11.8 Å². The van der Waals surface area contributed by atoms with Gasteiger partial charge in [-0.05, 0) is 0 Å². The molecule has 0 unspecified atom stereocenters. The Hall–Kier alpha value is 0.660. The molecule has 0 aromatic carbocycles. The van der Waals surface area contributed by atoms with E-state index < -0.39 is 0 Å². The van der Waals surface area contributed by atoms with Crippen LogP contribution in [0.5, 0.6) is 0 Å². The minimum Gasteiger partial charge on any atom is -0.299 e.